The Bertz CT molecular complexity index is 312. The lowest BCUT2D eigenvalue weighted by atomic mass is 10.2. The number of aromatic nitrogens is 1. The van der Waals surface area contributed by atoms with Gasteiger partial charge in [-0.25, -0.2) is 4.98 Å². The number of nitrogens with one attached hydrogen (secondary N) is 1. The number of hydrogen-bond donors (Lipinski definition) is 1. The van der Waals surface area contributed by atoms with E-state index in [0.29, 0.717) is 0 Å². The first-order valence-electron chi connectivity index (χ1n) is 3.43. The summed E-state index contributed by atoms with van der Waals surface area (Å²) < 4.78 is 1.25. The largest absolute Gasteiger partial charge is 0.366 e. The average molecular weight is 260 g/mol. The number of pyridine rings is 1. The molecule has 0 bridgehead atoms. The average Bonchev–Trinajstić information content (AvgIpc) is 2.06. The molecule has 58 valence electrons. The third kappa shape index (κ3) is 1.24. The highest BCUT2D eigenvalue weighted by Gasteiger charge is 2.06. The van der Waals surface area contributed by atoms with Gasteiger partial charge in [-0.3, -0.25) is 0 Å². The van der Waals surface area contributed by atoms with Gasteiger partial charge in [-0.05, 0) is 28.7 Å². The fraction of sp³-hybridized carbons (Fsp3) is 0.125. The van der Waals surface area contributed by atoms with Crippen molar-refractivity contribution in [3.05, 3.63) is 27.5 Å². The molecule has 2 rings (SSSR count). The van der Waals surface area contributed by atoms with Gasteiger partial charge >= 0.3 is 0 Å². The Balaban J connectivity index is 0.000000720. The molecule has 0 amide bonds. The van der Waals surface area contributed by atoms with E-state index in [1.807, 2.05) is 12.3 Å². The molecule has 1 aliphatic rings. The van der Waals surface area contributed by atoms with Crippen LogP contribution in [0.15, 0.2) is 18.3 Å². The van der Waals surface area contributed by atoms with E-state index in [2.05, 4.69) is 45.0 Å². The fourth-order valence-electron chi connectivity index (χ4n) is 1.08. The minimum atomic E-state index is 0. The molecule has 11 heavy (non-hydrogen) atoms. The lowest BCUT2D eigenvalue weighted by Crippen LogP contribution is -2.07. The van der Waals surface area contributed by atoms with Crippen molar-refractivity contribution >= 4 is 34.5 Å². The van der Waals surface area contributed by atoms with Crippen molar-refractivity contribution in [2.75, 3.05) is 11.9 Å². The van der Waals surface area contributed by atoms with Crippen molar-refractivity contribution in [3.8, 4) is 0 Å². The zero-order chi connectivity index (χ0) is 7.68. The van der Waals surface area contributed by atoms with E-state index >= 15 is 0 Å². The Labute approximate surface area is 80.3 Å². The first-order chi connectivity index (χ1) is 5.38. The molecule has 0 fully saturated rings. The number of anilines is 1. The number of nitrogens with zero attached hydrogens (tertiary/aromatic N) is 1. The number of rotatable bonds is 0. The van der Waals surface area contributed by atoms with Crippen LogP contribution >= 0.6 is 22.6 Å². The van der Waals surface area contributed by atoms with Crippen LogP contribution in [-0.4, -0.2) is 11.5 Å². The summed E-state index contributed by atoms with van der Waals surface area (Å²) >= 11 is 2.31. The maximum atomic E-state index is 4.21. The summed E-state index contributed by atoms with van der Waals surface area (Å²) in [4.78, 5) is 4.21. The second-order valence-electron chi connectivity index (χ2n) is 2.34. The van der Waals surface area contributed by atoms with Gasteiger partial charge in [-0.2, -0.15) is 0 Å². The first-order valence-corrected chi connectivity index (χ1v) is 4.51. The van der Waals surface area contributed by atoms with Crippen LogP contribution in [0.5, 0.6) is 0 Å². The van der Waals surface area contributed by atoms with Crippen LogP contribution in [-0.2, 0) is 0 Å². The smallest absolute Gasteiger partial charge is 0.134 e. The number of hydrogen-bond acceptors (Lipinski definition) is 2. The van der Waals surface area contributed by atoms with Crippen molar-refractivity contribution in [3.63, 3.8) is 0 Å². The van der Waals surface area contributed by atoms with E-state index in [0.717, 1.165) is 12.4 Å². The van der Waals surface area contributed by atoms with Crippen molar-refractivity contribution in [2.24, 2.45) is 0 Å². The molecular formula is C8H9IN2. The molecule has 1 aliphatic heterocycles. The minimum Gasteiger partial charge on any atom is -0.366 e. The zero-order valence-corrected chi connectivity index (χ0v) is 8.00. The molecule has 1 aromatic heterocycles. The molecule has 0 unspecified atom stereocenters. The van der Waals surface area contributed by atoms with Crippen molar-refractivity contribution in [2.45, 2.75) is 0 Å². The predicted octanol–water partition coefficient (Wildman–Crippen LogP) is 2.37. The van der Waals surface area contributed by atoms with Crippen molar-refractivity contribution in [1.82, 2.24) is 4.98 Å². The highest BCUT2D eigenvalue weighted by Crippen LogP contribution is 2.22. The molecule has 0 saturated carbocycles. The fourth-order valence-corrected chi connectivity index (χ4v) is 1.68. The summed E-state index contributed by atoms with van der Waals surface area (Å²) in [5, 5.41) is 3.20. The third-order valence-corrected chi connectivity index (χ3v) is 2.55. The summed E-state index contributed by atoms with van der Waals surface area (Å²) in [6.07, 6.45) is 6.04. The lowest BCUT2D eigenvalue weighted by Gasteiger charge is -2.11. The lowest BCUT2D eigenvalue weighted by molar-refractivity contribution is 1.20. The van der Waals surface area contributed by atoms with E-state index in [-0.39, 0.29) is 1.43 Å². The van der Waals surface area contributed by atoms with Crippen LogP contribution in [0.1, 0.15) is 6.99 Å². The van der Waals surface area contributed by atoms with E-state index in [1.54, 1.807) is 0 Å². The van der Waals surface area contributed by atoms with Gasteiger partial charge in [0.1, 0.15) is 5.82 Å². The van der Waals surface area contributed by atoms with E-state index in [4.69, 9.17) is 0 Å². The Morgan fingerprint density at radius 2 is 2.55 bits per heavy atom. The second-order valence-corrected chi connectivity index (χ2v) is 3.50. The van der Waals surface area contributed by atoms with E-state index < -0.39 is 0 Å². The Kier molecular flexibility index (Phi) is 1.81. The molecule has 0 aliphatic carbocycles. The van der Waals surface area contributed by atoms with Crippen molar-refractivity contribution < 1.29 is 1.43 Å². The molecule has 0 atom stereocenters. The normalized spacial score (nSPS) is 13.9. The standard InChI is InChI=1S/C8H7IN2.H2/c9-7-3-5-11-8-6(7)2-1-4-10-8;/h1-3,5H,4H2,(H,10,11);1H. The van der Waals surface area contributed by atoms with Gasteiger partial charge in [0.05, 0.1) is 0 Å². The third-order valence-electron chi connectivity index (χ3n) is 1.61. The Morgan fingerprint density at radius 1 is 1.64 bits per heavy atom. The SMILES string of the molecule is Ic1ccnc2c1C=CCN2.[HH]. The molecular weight excluding hydrogens is 251 g/mol. The van der Waals surface area contributed by atoms with Crippen LogP contribution in [0.25, 0.3) is 6.08 Å². The molecule has 1 aromatic rings. The molecule has 2 heterocycles. The highest BCUT2D eigenvalue weighted by molar-refractivity contribution is 14.1. The topological polar surface area (TPSA) is 24.9 Å². The zero-order valence-electron chi connectivity index (χ0n) is 5.84. The summed E-state index contributed by atoms with van der Waals surface area (Å²) in [6.45, 7) is 0.889. The second kappa shape index (κ2) is 2.81. The molecule has 2 nitrogen and oxygen atoms in total. The van der Waals surface area contributed by atoms with E-state index in [9.17, 15) is 0 Å². The monoisotopic (exact) mass is 260 g/mol. The van der Waals surface area contributed by atoms with Gasteiger partial charge in [0.2, 0.25) is 0 Å². The number of halogens is 1. The van der Waals surface area contributed by atoms with Crippen LogP contribution < -0.4 is 5.32 Å². The predicted molar refractivity (Wildman–Crippen MR) is 56.6 cm³/mol. The van der Waals surface area contributed by atoms with Gasteiger partial charge in [-0.1, -0.05) is 12.2 Å². The van der Waals surface area contributed by atoms with Crippen LogP contribution in [0.3, 0.4) is 0 Å². The maximum absolute atomic E-state index is 4.21. The van der Waals surface area contributed by atoms with E-state index in [1.165, 1.54) is 9.13 Å². The maximum Gasteiger partial charge on any atom is 0.134 e. The van der Waals surface area contributed by atoms with Gasteiger partial charge in [-0.15, -0.1) is 0 Å². The van der Waals surface area contributed by atoms with Crippen LogP contribution in [0.4, 0.5) is 5.82 Å². The van der Waals surface area contributed by atoms with Gasteiger partial charge < -0.3 is 5.32 Å². The summed E-state index contributed by atoms with van der Waals surface area (Å²) in [5.41, 5.74) is 1.21. The first kappa shape index (κ1) is 7.09. The van der Waals surface area contributed by atoms with Gasteiger partial charge in [0, 0.05) is 23.3 Å². The van der Waals surface area contributed by atoms with Crippen LogP contribution in [0.2, 0.25) is 0 Å². The number of fused-ring (bicyclic) bond motifs is 1. The molecule has 0 saturated heterocycles. The van der Waals surface area contributed by atoms with Crippen molar-refractivity contribution in [1.29, 1.82) is 0 Å². The summed E-state index contributed by atoms with van der Waals surface area (Å²) in [5.74, 6) is 0.999. The Morgan fingerprint density at radius 3 is 3.36 bits per heavy atom. The summed E-state index contributed by atoms with van der Waals surface area (Å²) in [6, 6.07) is 2.01. The molecule has 3 heteroatoms. The van der Waals surface area contributed by atoms with Crippen LogP contribution in [0, 0.1) is 3.57 Å². The molecule has 0 aromatic carbocycles. The molecule has 0 spiro atoms. The molecule has 0 radical (unpaired) electrons. The Hall–Kier alpha value is -0.580. The highest BCUT2D eigenvalue weighted by atomic mass is 127. The summed E-state index contributed by atoms with van der Waals surface area (Å²) in [7, 11) is 0. The van der Waals surface area contributed by atoms with Gasteiger partial charge in [0.15, 0.2) is 0 Å². The van der Waals surface area contributed by atoms with Gasteiger partial charge in [0.25, 0.3) is 0 Å². The molecule has 1 N–H and O–H groups in total. The quantitative estimate of drug-likeness (QED) is 0.724. The minimum absolute atomic E-state index is 0.